The molecule has 1 N–H and O–H groups in total. The summed E-state index contributed by atoms with van der Waals surface area (Å²) in [5.41, 5.74) is 2.46. The molecule has 0 saturated carbocycles. The van der Waals surface area contributed by atoms with E-state index in [-0.39, 0.29) is 18.0 Å². The smallest absolute Gasteiger partial charge is 0.224 e. The SMILES string of the molecule is O=C(CCc1ccc(N2CCOCC2)cc1)Nc1ccc(F)c(F)c1. The molecule has 0 atom stereocenters. The molecule has 2 aromatic rings. The van der Waals surface area contributed by atoms with Gasteiger partial charge in [-0.2, -0.15) is 0 Å². The van der Waals surface area contributed by atoms with Crippen molar-refractivity contribution in [3.8, 4) is 0 Å². The molecule has 3 rings (SSSR count). The molecule has 1 aliphatic heterocycles. The zero-order valence-corrected chi connectivity index (χ0v) is 13.8. The van der Waals surface area contributed by atoms with E-state index in [1.54, 1.807) is 0 Å². The molecule has 1 fully saturated rings. The van der Waals surface area contributed by atoms with Crippen LogP contribution in [0.4, 0.5) is 20.2 Å². The molecule has 0 bridgehead atoms. The van der Waals surface area contributed by atoms with E-state index in [1.807, 2.05) is 24.3 Å². The van der Waals surface area contributed by atoms with Gasteiger partial charge in [0, 0.05) is 37.0 Å². The summed E-state index contributed by atoms with van der Waals surface area (Å²) in [6.45, 7) is 3.25. The van der Waals surface area contributed by atoms with Crippen molar-refractivity contribution in [1.82, 2.24) is 0 Å². The van der Waals surface area contributed by atoms with E-state index in [1.165, 1.54) is 6.07 Å². The second-order valence-electron chi connectivity index (χ2n) is 5.94. The molecule has 0 unspecified atom stereocenters. The number of carbonyl (C=O) groups excluding carboxylic acids is 1. The molecule has 1 saturated heterocycles. The highest BCUT2D eigenvalue weighted by Gasteiger charge is 2.11. The highest BCUT2D eigenvalue weighted by molar-refractivity contribution is 5.90. The van der Waals surface area contributed by atoms with Crippen molar-refractivity contribution in [2.45, 2.75) is 12.8 Å². The Morgan fingerprint density at radius 2 is 1.76 bits per heavy atom. The topological polar surface area (TPSA) is 41.6 Å². The second kappa shape index (κ2) is 8.07. The minimum atomic E-state index is -0.975. The first-order valence-corrected chi connectivity index (χ1v) is 8.28. The summed E-state index contributed by atoms with van der Waals surface area (Å²) >= 11 is 0. The molecule has 0 aromatic heterocycles. The van der Waals surface area contributed by atoms with E-state index in [9.17, 15) is 13.6 Å². The summed E-state index contributed by atoms with van der Waals surface area (Å²) in [5, 5.41) is 2.58. The van der Waals surface area contributed by atoms with E-state index in [4.69, 9.17) is 4.74 Å². The van der Waals surface area contributed by atoms with E-state index >= 15 is 0 Å². The lowest BCUT2D eigenvalue weighted by atomic mass is 10.1. The Morgan fingerprint density at radius 1 is 1.04 bits per heavy atom. The number of aryl methyl sites for hydroxylation is 1. The Morgan fingerprint density at radius 3 is 2.44 bits per heavy atom. The average molecular weight is 346 g/mol. The molecule has 2 aromatic carbocycles. The number of anilines is 2. The fourth-order valence-electron chi connectivity index (χ4n) is 2.75. The quantitative estimate of drug-likeness (QED) is 0.902. The molecule has 0 radical (unpaired) electrons. The molecular weight excluding hydrogens is 326 g/mol. The van der Waals surface area contributed by atoms with Crippen LogP contribution in [0.3, 0.4) is 0 Å². The summed E-state index contributed by atoms with van der Waals surface area (Å²) in [7, 11) is 0. The Bertz CT molecular complexity index is 729. The second-order valence-corrected chi connectivity index (χ2v) is 5.94. The van der Waals surface area contributed by atoms with E-state index < -0.39 is 11.6 Å². The zero-order valence-electron chi connectivity index (χ0n) is 13.8. The van der Waals surface area contributed by atoms with Crippen LogP contribution in [0.15, 0.2) is 42.5 Å². The first-order chi connectivity index (χ1) is 12.1. The number of benzene rings is 2. The number of hydrogen-bond acceptors (Lipinski definition) is 3. The Labute approximate surface area is 145 Å². The molecule has 1 heterocycles. The first kappa shape index (κ1) is 17.4. The van der Waals surface area contributed by atoms with Crippen LogP contribution >= 0.6 is 0 Å². The summed E-state index contributed by atoms with van der Waals surface area (Å²) in [6.07, 6.45) is 0.856. The lowest BCUT2D eigenvalue weighted by Gasteiger charge is -2.28. The highest BCUT2D eigenvalue weighted by Crippen LogP contribution is 2.18. The van der Waals surface area contributed by atoms with Crippen molar-refractivity contribution >= 4 is 17.3 Å². The molecule has 6 heteroatoms. The third-order valence-corrected chi connectivity index (χ3v) is 4.16. The van der Waals surface area contributed by atoms with E-state index in [0.29, 0.717) is 6.42 Å². The predicted molar refractivity (Wildman–Crippen MR) is 92.8 cm³/mol. The number of hydrogen-bond donors (Lipinski definition) is 1. The normalized spacial score (nSPS) is 14.4. The van der Waals surface area contributed by atoms with Gasteiger partial charge in [0.1, 0.15) is 0 Å². The number of amides is 1. The number of halogens is 2. The fraction of sp³-hybridized carbons (Fsp3) is 0.316. The van der Waals surface area contributed by atoms with Crippen LogP contribution in [0, 0.1) is 11.6 Å². The third-order valence-electron chi connectivity index (χ3n) is 4.16. The van der Waals surface area contributed by atoms with Crippen LogP contribution in [0.2, 0.25) is 0 Å². The van der Waals surface area contributed by atoms with Crippen molar-refractivity contribution in [2.75, 3.05) is 36.5 Å². The molecule has 4 nitrogen and oxygen atoms in total. The molecule has 132 valence electrons. The van der Waals surface area contributed by atoms with Crippen LogP contribution in [0.1, 0.15) is 12.0 Å². The van der Waals surface area contributed by atoms with Gasteiger partial charge in [0.05, 0.1) is 13.2 Å². The predicted octanol–water partition coefficient (Wildman–Crippen LogP) is 3.37. The van der Waals surface area contributed by atoms with Gasteiger partial charge in [-0.25, -0.2) is 8.78 Å². The largest absolute Gasteiger partial charge is 0.378 e. The van der Waals surface area contributed by atoms with Gasteiger partial charge >= 0.3 is 0 Å². The van der Waals surface area contributed by atoms with Gasteiger partial charge in [0.25, 0.3) is 0 Å². The molecule has 0 spiro atoms. The van der Waals surface area contributed by atoms with Gasteiger partial charge in [-0.05, 0) is 36.2 Å². The lowest BCUT2D eigenvalue weighted by Crippen LogP contribution is -2.36. The number of nitrogens with zero attached hydrogens (tertiary/aromatic N) is 1. The van der Waals surface area contributed by atoms with Crippen LogP contribution < -0.4 is 10.2 Å². The molecule has 1 aliphatic rings. The highest BCUT2D eigenvalue weighted by atomic mass is 19.2. The van der Waals surface area contributed by atoms with Gasteiger partial charge in [0.2, 0.25) is 5.91 Å². The number of ether oxygens (including phenoxy) is 1. The van der Waals surface area contributed by atoms with Crippen molar-refractivity contribution in [2.24, 2.45) is 0 Å². The maximum atomic E-state index is 13.1. The van der Waals surface area contributed by atoms with Crippen LogP contribution in [0.25, 0.3) is 0 Å². The Hall–Kier alpha value is -2.47. The standard InChI is InChI=1S/C19H20F2N2O2/c20-17-7-4-15(13-18(17)21)22-19(24)8-3-14-1-5-16(6-2-14)23-9-11-25-12-10-23/h1-2,4-7,13H,3,8-12H2,(H,22,24). The van der Waals surface area contributed by atoms with E-state index in [0.717, 1.165) is 49.7 Å². The van der Waals surface area contributed by atoms with Gasteiger partial charge in [0.15, 0.2) is 11.6 Å². The molecule has 25 heavy (non-hydrogen) atoms. The van der Waals surface area contributed by atoms with Crippen molar-refractivity contribution in [1.29, 1.82) is 0 Å². The minimum absolute atomic E-state index is 0.233. The molecular formula is C19H20F2N2O2. The summed E-state index contributed by atoms with van der Waals surface area (Å²) in [6, 6.07) is 11.4. The Balaban J connectivity index is 1.50. The summed E-state index contributed by atoms with van der Waals surface area (Å²) < 4.78 is 31.4. The first-order valence-electron chi connectivity index (χ1n) is 8.28. The van der Waals surface area contributed by atoms with Crippen LogP contribution in [-0.4, -0.2) is 32.2 Å². The number of carbonyl (C=O) groups is 1. The van der Waals surface area contributed by atoms with E-state index in [2.05, 4.69) is 10.2 Å². The Kier molecular flexibility index (Phi) is 5.60. The van der Waals surface area contributed by atoms with Crippen LogP contribution in [-0.2, 0) is 16.0 Å². The minimum Gasteiger partial charge on any atom is -0.378 e. The molecule has 1 amide bonds. The maximum absolute atomic E-state index is 13.1. The maximum Gasteiger partial charge on any atom is 0.224 e. The monoisotopic (exact) mass is 346 g/mol. The van der Waals surface area contributed by atoms with Crippen molar-refractivity contribution in [3.05, 3.63) is 59.7 Å². The molecule has 0 aliphatic carbocycles. The van der Waals surface area contributed by atoms with Crippen molar-refractivity contribution < 1.29 is 18.3 Å². The van der Waals surface area contributed by atoms with Crippen molar-refractivity contribution in [3.63, 3.8) is 0 Å². The van der Waals surface area contributed by atoms with Gasteiger partial charge in [-0.1, -0.05) is 12.1 Å². The average Bonchev–Trinajstić information content (AvgIpc) is 2.64. The van der Waals surface area contributed by atoms with Gasteiger partial charge in [-0.15, -0.1) is 0 Å². The number of morpholine rings is 1. The number of rotatable bonds is 5. The fourth-order valence-corrected chi connectivity index (χ4v) is 2.75. The summed E-state index contributed by atoms with van der Waals surface area (Å²) in [4.78, 5) is 14.2. The summed E-state index contributed by atoms with van der Waals surface area (Å²) in [5.74, 6) is -2.14. The van der Waals surface area contributed by atoms with Gasteiger partial charge in [-0.3, -0.25) is 4.79 Å². The number of nitrogens with one attached hydrogen (secondary N) is 1. The lowest BCUT2D eigenvalue weighted by molar-refractivity contribution is -0.116. The third kappa shape index (κ3) is 4.76. The van der Waals surface area contributed by atoms with Gasteiger partial charge < -0.3 is 15.0 Å². The van der Waals surface area contributed by atoms with Crippen LogP contribution in [0.5, 0.6) is 0 Å². The zero-order chi connectivity index (χ0) is 17.6.